The Morgan fingerprint density at radius 1 is 0.966 bits per heavy atom. The summed E-state index contributed by atoms with van der Waals surface area (Å²) in [5.41, 5.74) is 5.88. The first-order valence-electron chi connectivity index (χ1n) is 10.8. The predicted molar refractivity (Wildman–Crippen MR) is 118 cm³/mol. The van der Waals surface area contributed by atoms with Gasteiger partial charge in [-0.15, -0.1) is 0 Å². The average Bonchev–Trinajstić information content (AvgIpc) is 2.61. The Morgan fingerprint density at radius 2 is 1.55 bits per heavy atom. The maximum Gasteiger partial charge on any atom is 0.309 e. The van der Waals surface area contributed by atoms with Gasteiger partial charge in [-0.3, -0.25) is 9.59 Å². The minimum atomic E-state index is -0.719. The van der Waals surface area contributed by atoms with E-state index in [2.05, 4.69) is 26.8 Å². The van der Waals surface area contributed by atoms with Gasteiger partial charge in [0, 0.05) is 0 Å². The molecule has 1 rings (SSSR count). The molecule has 0 unspecified atom stereocenters. The standard InChI is InChI=1S/C25H40O4/c1-18-16-21(12-8-10-14-24(4,5)23(27)28)20(3)22(19(18)2)13-9-11-15-25(6,7)29-17-26/h16-17H,8-15H2,1-7H3,(H,27,28). The fourth-order valence-corrected chi connectivity index (χ4v) is 3.86. The molecule has 0 aliphatic rings. The van der Waals surface area contributed by atoms with Gasteiger partial charge in [-0.1, -0.05) is 12.5 Å². The minimum absolute atomic E-state index is 0.396. The number of hydrogen-bond donors (Lipinski definition) is 1. The van der Waals surface area contributed by atoms with E-state index in [1.807, 2.05) is 13.8 Å². The fourth-order valence-electron chi connectivity index (χ4n) is 3.86. The van der Waals surface area contributed by atoms with Crippen LogP contribution in [0.5, 0.6) is 0 Å². The van der Waals surface area contributed by atoms with Gasteiger partial charge in [0.2, 0.25) is 0 Å². The summed E-state index contributed by atoms with van der Waals surface area (Å²) in [5, 5.41) is 9.26. The van der Waals surface area contributed by atoms with E-state index in [0.717, 1.165) is 44.9 Å². The molecule has 1 aromatic rings. The normalized spacial score (nSPS) is 12.1. The number of carbonyl (C=O) groups is 2. The molecular formula is C25H40O4. The topological polar surface area (TPSA) is 63.6 Å². The number of rotatable bonds is 13. The summed E-state index contributed by atoms with van der Waals surface area (Å²) in [4.78, 5) is 21.8. The molecule has 1 aromatic carbocycles. The summed E-state index contributed by atoms with van der Waals surface area (Å²) < 4.78 is 5.14. The molecule has 0 heterocycles. The van der Waals surface area contributed by atoms with Crippen molar-refractivity contribution in [3.8, 4) is 0 Å². The zero-order valence-electron chi connectivity index (χ0n) is 19.5. The number of carboxylic acids is 1. The number of carbonyl (C=O) groups excluding carboxylic acids is 1. The van der Waals surface area contributed by atoms with Crippen molar-refractivity contribution in [1.29, 1.82) is 0 Å². The lowest BCUT2D eigenvalue weighted by molar-refractivity contribution is -0.147. The lowest BCUT2D eigenvalue weighted by atomic mass is 9.85. The third-order valence-corrected chi connectivity index (χ3v) is 6.27. The fraction of sp³-hybridized carbons (Fsp3) is 0.680. The van der Waals surface area contributed by atoms with Crippen molar-refractivity contribution in [2.45, 2.75) is 105 Å². The number of ether oxygens (including phenoxy) is 1. The van der Waals surface area contributed by atoms with Crippen LogP contribution in [0.2, 0.25) is 0 Å². The Balaban J connectivity index is 2.70. The molecule has 29 heavy (non-hydrogen) atoms. The van der Waals surface area contributed by atoms with Crippen LogP contribution in [0.25, 0.3) is 0 Å². The monoisotopic (exact) mass is 404 g/mol. The van der Waals surface area contributed by atoms with E-state index in [1.54, 1.807) is 13.8 Å². The van der Waals surface area contributed by atoms with Crippen LogP contribution in [0.1, 0.15) is 94.0 Å². The summed E-state index contributed by atoms with van der Waals surface area (Å²) in [5.74, 6) is -0.719. The SMILES string of the molecule is Cc1cc(CCCCC(C)(C)C(=O)O)c(C)c(CCCCC(C)(C)OC=O)c1C. The van der Waals surface area contributed by atoms with Crippen LogP contribution < -0.4 is 0 Å². The van der Waals surface area contributed by atoms with Gasteiger partial charge in [0.25, 0.3) is 6.47 Å². The van der Waals surface area contributed by atoms with Crippen LogP contribution in [0.15, 0.2) is 6.07 Å². The number of benzene rings is 1. The molecule has 0 aliphatic heterocycles. The van der Waals surface area contributed by atoms with Crippen molar-refractivity contribution >= 4 is 12.4 Å². The quantitative estimate of drug-likeness (QED) is 0.319. The van der Waals surface area contributed by atoms with Crippen molar-refractivity contribution in [3.05, 3.63) is 33.9 Å². The first kappa shape index (κ1) is 25.2. The summed E-state index contributed by atoms with van der Waals surface area (Å²) in [7, 11) is 0. The second kappa shape index (κ2) is 10.8. The molecule has 0 amide bonds. The number of aliphatic carboxylic acids is 1. The Bertz CT molecular complexity index is 701. The Labute approximate surface area is 177 Å². The molecule has 0 radical (unpaired) electrons. The molecule has 0 saturated carbocycles. The molecule has 0 saturated heterocycles. The van der Waals surface area contributed by atoms with Gasteiger partial charge in [0.05, 0.1) is 5.41 Å². The van der Waals surface area contributed by atoms with E-state index in [4.69, 9.17) is 4.74 Å². The minimum Gasteiger partial charge on any atom is -0.481 e. The van der Waals surface area contributed by atoms with Crippen LogP contribution in [0.3, 0.4) is 0 Å². The molecule has 0 bridgehead atoms. The summed E-state index contributed by atoms with van der Waals surface area (Å²) >= 11 is 0. The van der Waals surface area contributed by atoms with Crippen molar-refractivity contribution in [2.24, 2.45) is 5.41 Å². The van der Waals surface area contributed by atoms with Crippen molar-refractivity contribution in [1.82, 2.24) is 0 Å². The van der Waals surface area contributed by atoms with Crippen LogP contribution in [0.4, 0.5) is 0 Å². The highest BCUT2D eigenvalue weighted by molar-refractivity contribution is 5.73. The van der Waals surface area contributed by atoms with Crippen LogP contribution >= 0.6 is 0 Å². The van der Waals surface area contributed by atoms with Gasteiger partial charge < -0.3 is 9.84 Å². The number of carboxylic acid groups (broad SMARTS) is 1. The molecule has 1 N–H and O–H groups in total. The van der Waals surface area contributed by atoms with E-state index in [-0.39, 0.29) is 0 Å². The molecule has 0 fully saturated rings. The summed E-state index contributed by atoms with van der Waals surface area (Å²) in [6, 6.07) is 2.30. The lowest BCUT2D eigenvalue weighted by Crippen LogP contribution is -2.23. The predicted octanol–water partition coefficient (Wildman–Crippen LogP) is 6.10. The van der Waals surface area contributed by atoms with E-state index in [1.165, 1.54) is 27.8 Å². The first-order valence-corrected chi connectivity index (χ1v) is 10.8. The molecule has 0 atom stereocenters. The highest BCUT2D eigenvalue weighted by atomic mass is 16.5. The molecule has 4 nitrogen and oxygen atoms in total. The first-order chi connectivity index (χ1) is 13.4. The van der Waals surface area contributed by atoms with Crippen LogP contribution in [-0.2, 0) is 27.2 Å². The molecule has 164 valence electrons. The molecule has 0 aromatic heterocycles. The van der Waals surface area contributed by atoms with E-state index in [0.29, 0.717) is 12.9 Å². The highest BCUT2D eigenvalue weighted by Gasteiger charge is 2.26. The number of aryl methyl sites for hydroxylation is 2. The lowest BCUT2D eigenvalue weighted by Gasteiger charge is -2.23. The maximum atomic E-state index is 11.3. The summed E-state index contributed by atoms with van der Waals surface area (Å²) in [6.45, 7) is 14.7. The van der Waals surface area contributed by atoms with Gasteiger partial charge in [0.1, 0.15) is 5.60 Å². The van der Waals surface area contributed by atoms with E-state index in [9.17, 15) is 14.7 Å². The van der Waals surface area contributed by atoms with Crippen LogP contribution in [-0.4, -0.2) is 23.1 Å². The number of hydrogen-bond acceptors (Lipinski definition) is 3. The third kappa shape index (κ3) is 7.83. The van der Waals surface area contributed by atoms with Crippen molar-refractivity contribution in [2.75, 3.05) is 0 Å². The Hall–Kier alpha value is -1.84. The summed E-state index contributed by atoms with van der Waals surface area (Å²) in [6.07, 6.45) is 7.63. The highest BCUT2D eigenvalue weighted by Crippen LogP contribution is 2.28. The number of unbranched alkanes of at least 4 members (excludes halogenated alkanes) is 2. The van der Waals surface area contributed by atoms with E-state index < -0.39 is 17.0 Å². The van der Waals surface area contributed by atoms with Crippen molar-refractivity contribution < 1.29 is 19.4 Å². The molecule has 0 spiro atoms. The molecule has 4 heteroatoms. The van der Waals surface area contributed by atoms with Crippen molar-refractivity contribution in [3.63, 3.8) is 0 Å². The maximum absolute atomic E-state index is 11.3. The smallest absolute Gasteiger partial charge is 0.309 e. The van der Waals surface area contributed by atoms with Gasteiger partial charge in [0.15, 0.2) is 0 Å². The van der Waals surface area contributed by atoms with Gasteiger partial charge in [-0.2, -0.15) is 0 Å². The zero-order chi connectivity index (χ0) is 22.2. The van der Waals surface area contributed by atoms with Gasteiger partial charge in [-0.25, -0.2) is 0 Å². The second-order valence-electron chi connectivity index (χ2n) is 9.66. The molecular weight excluding hydrogens is 364 g/mol. The van der Waals surface area contributed by atoms with Gasteiger partial charge >= 0.3 is 5.97 Å². The van der Waals surface area contributed by atoms with Crippen LogP contribution in [0, 0.1) is 26.2 Å². The second-order valence-corrected chi connectivity index (χ2v) is 9.66. The molecule has 0 aliphatic carbocycles. The largest absolute Gasteiger partial charge is 0.481 e. The zero-order valence-corrected chi connectivity index (χ0v) is 19.5. The Kier molecular flexibility index (Phi) is 9.38. The average molecular weight is 405 g/mol. The van der Waals surface area contributed by atoms with Gasteiger partial charge in [-0.05, 0) is 121 Å². The Morgan fingerprint density at radius 3 is 2.14 bits per heavy atom. The van der Waals surface area contributed by atoms with E-state index >= 15 is 0 Å². The third-order valence-electron chi connectivity index (χ3n) is 6.27.